The molecule has 3 rings (SSSR count). The Labute approximate surface area is 117 Å². The molecule has 0 spiro atoms. The fourth-order valence-electron chi connectivity index (χ4n) is 1.97. The Morgan fingerprint density at radius 1 is 1.06 bits per heavy atom. The summed E-state index contributed by atoms with van der Waals surface area (Å²) in [5.41, 5.74) is 1.12. The van der Waals surface area contributed by atoms with Crippen molar-refractivity contribution in [1.82, 2.24) is 0 Å². The maximum Gasteiger partial charge on any atom is 0.137 e. The highest BCUT2D eigenvalue weighted by molar-refractivity contribution is 9.10. The summed E-state index contributed by atoms with van der Waals surface area (Å²) in [7, 11) is 0. The van der Waals surface area contributed by atoms with E-state index in [0.29, 0.717) is 4.47 Å². The average molecular weight is 321 g/mol. The normalized spacial score (nSPS) is 11.0. The maximum atomic E-state index is 13.2. The minimum atomic E-state index is -0.213. The van der Waals surface area contributed by atoms with E-state index in [-0.39, 0.29) is 5.82 Å². The van der Waals surface area contributed by atoms with E-state index in [1.807, 2.05) is 18.2 Å². The molecule has 0 N–H and O–H groups in total. The van der Waals surface area contributed by atoms with E-state index < -0.39 is 0 Å². The highest BCUT2D eigenvalue weighted by Crippen LogP contribution is 2.28. The average Bonchev–Trinajstić information content (AvgIpc) is 2.76. The van der Waals surface area contributed by atoms with Gasteiger partial charge in [0.1, 0.15) is 5.82 Å². The zero-order valence-electron chi connectivity index (χ0n) is 9.49. The van der Waals surface area contributed by atoms with Crippen LogP contribution >= 0.6 is 27.3 Å². The molecular weight excluding hydrogens is 311 g/mol. The smallest absolute Gasteiger partial charge is 0.137 e. The summed E-state index contributed by atoms with van der Waals surface area (Å²) in [6.07, 6.45) is 0.845. The van der Waals surface area contributed by atoms with Crippen LogP contribution in [0.15, 0.2) is 53.0 Å². The van der Waals surface area contributed by atoms with Gasteiger partial charge in [-0.25, -0.2) is 4.39 Å². The molecule has 0 radical (unpaired) electrons. The highest BCUT2D eigenvalue weighted by atomic mass is 79.9. The van der Waals surface area contributed by atoms with E-state index in [1.165, 1.54) is 21.0 Å². The molecule has 1 aromatic heterocycles. The molecule has 2 aromatic carbocycles. The van der Waals surface area contributed by atoms with E-state index in [9.17, 15) is 4.39 Å². The van der Waals surface area contributed by atoms with Crippen LogP contribution in [0.1, 0.15) is 10.4 Å². The minimum Gasteiger partial charge on any atom is -0.206 e. The lowest BCUT2D eigenvalue weighted by Gasteiger charge is -2.00. The molecule has 0 amide bonds. The summed E-state index contributed by atoms with van der Waals surface area (Å²) in [5, 5.41) is 1.28. The van der Waals surface area contributed by atoms with Crippen molar-refractivity contribution in [3.8, 4) is 0 Å². The first kappa shape index (κ1) is 11.9. The summed E-state index contributed by atoms with van der Waals surface area (Å²) in [6, 6.07) is 15.7. The third kappa shape index (κ3) is 2.33. The van der Waals surface area contributed by atoms with Crippen LogP contribution in [-0.4, -0.2) is 0 Å². The number of fused-ring (bicyclic) bond motifs is 1. The van der Waals surface area contributed by atoms with E-state index in [1.54, 1.807) is 11.3 Å². The van der Waals surface area contributed by atoms with Gasteiger partial charge in [-0.1, -0.05) is 24.3 Å². The summed E-state index contributed by atoms with van der Waals surface area (Å²) >= 11 is 5.02. The second-order valence-electron chi connectivity index (χ2n) is 4.18. The van der Waals surface area contributed by atoms with Crippen LogP contribution in [0.4, 0.5) is 4.39 Å². The zero-order valence-corrected chi connectivity index (χ0v) is 11.9. The number of benzene rings is 2. The van der Waals surface area contributed by atoms with E-state index >= 15 is 0 Å². The highest BCUT2D eigenvalue weighted by Gasteiger charge is 2.05. The van der Waals surface area contributed by atoms with Crippen LogP contribution in [0.3, 0.4) is 0 Å². The number of halogens is 2. The van der Waals surface area contributed by atoms with Gasteiger partial charge in [-0.2, -0.15) is 0 Å². The molecule has 0 atom stereocenters. The Bertz CT molecular complexity index is 670. The first-order valence-electron chi connectivity index (χ1n) is 5.64. The molecule has 0 aliphatic carbocycles. The van der Waals surface area contributed by atoms with E-state index in [0.717, 1.165) is 12.0 Å². The molecular formula is C15H10BrFS. The molecule has 3 heteroatoms. The molecule has 0 fully saturated rings. The van der Waals surface area contributed by atoms with Gasteiger partial charge in [0.05, 0.1) is 4.47 Å². The molecule has 0 saturated carbocycles. The largest absolute Gasteiger partial charge is 0.206 e. The zero-order chi connectivity index (χ0) is 12.5. The first-order chi connectivity index (χ1) is 8.72. The van der Waals surface area contributed by atoms with Crippen LogP contribution in [0.5, 0.6) is 0 Å². The summed E-state index contributed by atoms with van der Waals surface area (Å²) in [6.45, 7) is 0. The van der Waals surface area contributed by atoms with Crippen molar-refractivity contribution in [2.24, 2.45) is 0 Å². The predicted octanol–water partition coefficient (Wildman–Crippen LogP) is 5.39. The molecule has 0 aliphatic heterocycles. The number of rotatable bonds is 2. The molecule has 3 aromatic rings. The SMILES string of the molecule is Fc1ccc(Cc2cc3ccccc3s2)cc1Br. The first-order valence-corrected chi connectivity index (χ1v) is 7.25. The van der Waals surface area contributed by atoms with Gasteiger partial charge in [-0.05, 0) is 51.1 Å². The lowest BCUT2D eigenvalue weighted by atomic mass is 10.1. The third-order valence-electron chi connectivity index (χ3n) is 2.84. The molecule has 90 valence electrons. The van der Waals surface area contributed by atoms with E-state index in [4.69, 9.17) is 0 Å². The van der Waals surface area contributed by atoms with Gasteiger partial charge < -0.3 is 0 Å². The Morgan fingerprint density at radius 2 is 1.89 bits per heavy atom. The van der Waals surface area contributed by atoms with Crippen LogP contribution in [-0.2, 0) is 6.42 Å². The van der Waals surface area contributed by atoms with Crippen molar-refractivity contribution in [2.75, 3.05) is 0 Å². The molecule has 0 nitrogen and oxygen atoms in total. The van der Waals surface area contributed by atoms with Gasteiger partial charge in [0.25, 0.3) is 0 Å². The molecule has 0 bridgehead atoms. The van der Waals surface area contributed by atoms with Crippen molar-refractivity contribution < 1.29 is 4.39 Å². The predicted molar refractivity (Wildman–Crippen MR) is 78.7 cm³/mol. The van der Waals surface area contributed by atoms with Crippen LogP contribution < -0.4 is 0 Å². The van der Waals surface area contributed by atoms with Crippen LogP contribution in [0.2, 0.25) is 0 Å². The van der Waals surface area contributed by atoms with Crippen molar-refractivity contribution in [3.63, 3.8) is 0 Å². The van der Waals surface area contributed by atoms with Gasteiger partial charge in [-0.15, -0.1) is 11.3 Å². The number of hydrogen-bond acceptors (Lipinski definition) is 1. The summed E-state index contributed by atoms with van der Waals surface area (Å²) in [4.78, 5) is 1.30. The molecule has 18 heavy (non-hydrogen) atoms. The van der Waals surface area contributed by atoms with Gasteiger partial charge in [0.2, 0.25) is 0 Å². The van der Waals surface area contributed by atoms with Crippen molar-refractivity contribution in [3.05, 3.63) is 69.3 Å². The Balaban J connectivity index is 1.93. The van der Waals surface area contributed by atoms with E-state index in [2.05, 4.69) is 40.2 Å². The van der Waals surface area contributed by atoms with Crippen LogP contribution in [0.25, 0.3) is 10.1 Å². The maximum absolute atomic E-state index is 13.2. The fourth-order valence-corrected chi connectivity index (χ4v) is 3.50. The molecule has 0 unspecified atom stereocenters. The van der Waals surface area contributed by atoms with Gasteiger partial charge in [-0.3, -0.25) is 0 Å². The second-order valence-corrected chi connectivity index (χ2v) is 6.20. The molecule has 0 saturated heterocycles. The molecule has 1 heterocycles. The van der Waals surface area contributed by atoms with Crippen molar-refractivity contribution >= 4 is 37.4 Å². The minimum absolute atomic E-state index is 0.213. The van der Waals surface area contributed by atoms with Gasteiger partial charge in [0.15, 0.2) is 0 Å². The Hall–Kier alpha value is -1.19. The fraction of sp³-hybridized carbons (Fsp3) is 0.0667. The lowest BCUT2D eigenvalue weighted by molar-refractivity contribution is 0.620. The standard InChI is InChI=1S/C15H10BrFS/c16-13-8-10(5-6-14(13)17)7-12-9-11-3-1-2-4-15(11)18-12/h1-6,8-9H,7H2. The van der Waals surface area contributed by atoms with Crippen molar-refractivity contribution in [2.45, 2.75) is 6.42 Å². The topological polar surface area (TPSA) is 0 Å². The molecule has 0 aliphatic rings. The van der Waals surface area contributed by atoms with Crippen LogP contribution in [0, 0.1) is 5.82 Å². The summed E-state index contributed by atoms with van der Waals surface area (Å²) in [5.74, 6) is -0.213. The van der Waals surface area contributed by atoms with Gasteiger partial charge >= 0.3 is 0 Å². The van der Waals surface area contributed by atoms with Gasteiger partial charge in [0, 0.05) is 16.0 Å². The Morgan fingerprint density at radius 3 is 2.67 bits per heavy atom. The summed E-state index contributed by atoms with van der Waals surface area (Å²) < 4.78 is 15.0. The number of thiophene rings is 1. The van der Waals surface area contributed by atoms with Crippen molar-refractivity contribution in [1.29, 1.82) is 0 Å². The second kappa shape index (κ2) is 4.82. The monoisotopic (exact) mass is 320 g/mol. The quantitative estimate of drug-likeness (QED) is 0.593. The number of hydrogen-bond donors (Lipinski definition) is 0. The lowest BCUT2D eigenvalue weighted by Crippen LogP contribution is -1.86. The third-order valence-corrected chi connectivity index (χ3v) is 4.56. The Kier molecular flexibility index (Phi) is 3.18.